The molecule has 3 aromatic heterocycles. The lowest BCUT2D eigenvalue weighted by molar-refractivity contribution is -0.133. The molecule has 5 rings (SSSR count). The summed E-state index contributed by atoms with van der Waals surface area (Å²) in [7, 11) is 0. The van der Waals surface area contributed by atoms with E-state index in [-0.39, 0.29) is 5.91 Å². The van der Waals surface area contributed by atoms with Crippen molar-refractivity contribution in [1.29, 1.82) is 0 Å². The fourth-order valence-electron chi connectivity index (χ4n) is 3.73. The first-order valence-electron chi connectivity index (χ1n) is 11.0. The maximum absolute atomic E-state index is 12.7. The Balaban J connectivity index is 1.08. The van der Waals surface area contributed by atoms with Crippen LogP contribution in [-0.4, -0.2) is 67.2 Å². The molecule has 0 unspecified atom stereocenters. The zero-order valence-corrected chi connectivity index (χ0v) is 19.1. The Morgan fingerprint density at radius 2 is 1.47 bits per heavy atom. The van der Waals surface area contributed by atoms with E-state index in [1.165, 1.54) is 0 Å². The average Bonchev–Trinajstić information content (AvgIpc) is 3.54. The molecule has 1 aromatic carbocycles. The number of piperazine rings is 1. The number of amides is 1. The molecule has 1 aliphatic heterocycles. The molecule has 4 heterocycles. The largest absolute Gasteiger partial charge is 0.340 e. The Morgan fingerprint density at radius 3 is 2.18 bits per heavy atom. The van der Waals surface area contributed by atoms with Gasteiger partial charge in [-0.25, -0.2) is 0 Å². The molecule has 1 amide bonds. The van der Waals surface area contributed by atoms with E-state index < -0.39 is 0 Å². The molecule has 34 heavy (non-hydrogen) atoms. The highest BCUT2D eigenvalue weighted by Crippen LogP contribution is 2.20. The maximum Gasteiger partial charge on any atom is 0.241 e. The van der Waals surface area contributed by atoms with Crippen LogP contribution in [0.2, 0.25) is 5.02 Å². The number of aryl methyl sites for hydroxylation is 1. The number of hydrogen-bond acceptors (Lipinski definition) is 9. The van der Waals surface area contributed by atoms with Gasteiger partial charge in [0, 0.05) is 67.6 Å². The number of aromatic nitrogens is 5. The summed E-state index contributed by atoms with van der Waals surface area (Å²) in [5.41, 5.74) is 1.68. The molecule has 174 valence electrons. The van der Waals surface area contributed by atoms with E-state index in [0.29, 0.717) is 60.9 Å². The Hall–Kier alpha value is -3.63. The van der Waals surface area contributed by atoms with Crippen LogP contribution in [0.15, 0.2) is 57.8 Å². The van der Waals surface area contributed by atoms with Crippen LogP contribution in [0.25, 0.3) is 22.8 Å². The van der Waals surface area contributed by atoms with Gasteiger partial charge >= 0.3 is 0 Å². The van der Waals surface area contributed by atoms with Gasteiger partial charge in [-0.1, -0.05) is 21.9 Å². The van der Waals surface area contributed by atoms with E-state index in [0.717, 1.165) is 24.2 Å². The SMILES string of the molecule is O=C(CCc1nc(-c2ccncc2)no1)N1CCN(Cc2nc(-c3ccc(Cl)cc3)no2)CC1. The van der Waals surface area contributed by atoms with Gasteiger partial charge in [-0.3, -0.25) is 14.7 Å². The third-order valence-electron chi connectivity index (χ3n) is 5.61. The molecule has 1 aliphatic rings. The molecule has 1 fully saturated rings. The standard InChI is InChI=1S/C23H22ClN7O3/c24-18-3-1-16(2-4-18)22-27-20(34-29-22)15-30-11-13-31(14-12-30)21(32)6-5-19-26-23(28-33-19)17-7-9-25-10-8-17/h1-4,7-10H,5-6,11-15H2. The summed E-state index contributed by atoms with van der Waals surface area (Å²) in [5, 5.41) is 8.69. The van der Waals surface area contributed by atoms with Gasteiger partial charge in [0.15, 0.2) is 0 Å². The van der Waals surface area contributed by atoms with Crippen molar-refractivity contribution < 1.29 is 13.8 Å². The number of benzene rings is 1. The van der Waals surface area contributed by atoms with Crippen molar-refractivity contribution >= 4 is 17.5 Å². The first-order valence-corrected chi connectivity index (χ1v) is 11.3. The lowest BCUT2D eigenvalue weighted by atomic mass is 10.2. The van der Waals surface area contributed by atoms with Gasteiger partial charge in [0.1, 0.15) is 0 Å². The average molecular weight is 480 g/mol. The van der Waals surface area contributed by atoms with E-state index in [1.807, 2.05) is 29.2 Å². The number of nitrogens with zero attached hydrogens (tertiary/aromatic N) is 7. The van der Waals surface area contributed by atoms with Crippen LogP contribution in [0, 0.1) is 0 Å². The van der Waals surface area contributed by atoms with Gasteiger partial charge in [0.05, 0.1) is 6.54 Å². The lowest BCUT2D eigenvalue weighted by Gasteiger charge is -2.33. The number of halogens is 1. The monoisotopic (exact) mass is 479 g/mol. The minimum atomic E-state index is 0.0751. The van der Waals surface area contributed by atoms with Crippen LogP contribution in [0.5, 0.6) is 0 Å². The Morgan fingerprint density at radius 1 is 0.853 bits per heavy atom. The van der Waals surface area contributed by atoms with Gasteiger partial charge in [0.25, 0.3) is 0 Å². The summed E-state index contributed by atoms with van der Waals surface area (Å²) in [6.07, 6.45) is 4.08. The third-order valence-corrected chi connectivity index (χ3v) is 5.87. The molecule has 0 saturated carbocycles. The quantitative estimate of drug-likeness (QED) is 0.394. The van der Waals surface area contributed by atoms with Crippen LogP contribution in [0.1, 0.15) is 18.2 Å². The normalized spacial score (nSPS) is 14.4. The zero-order chi connectivity index (χ0) is 23.3. The fourth-order valence-corrected chi connectivity index (χ4v) is 3.85. The molecule has 0 bridgehead atoms. The summed E-state index contributed by atoms with van der Waals surface area (Å²) in [6.45, 7) is 3.29. The summed E-state index contributed by atoms with van der Waals surface area (Å²) >= 11 is 5.93. The van der Waals surface area contributed by atoms with E-state index in [4.69, 9.17) is 20.6 Å². The summed E-state index contributed by atoms with van der Waals surface area (Å²) < 4.78 is 10.7. The Kier molecular flexibility index (Phi) is 6.59. The molecular weight excluding hydrogens is 458 g/mol. The molecule has 0 aliphatic carbocycles. The van der Waals surface area contributed by atoms with Crippen molar-refractivity contribution in [2.24, 2.45) is 0 Å². The second-order valence-corrected chi connectivity index (χ2v) is 8.36. The summed E-state index contributed by atoms with van der Waals surface area (Å²) in [6, 6.07) is 10.9. The number of pyridine rings is 1. The second kappa shape index (κ2) is 10.1. The fraction of sp³-hybridized carbons (Fsp3) is 0.304. The summed E-state index contributed by atoms with van der Waals surface area (Å²) in [4.78, 5) is 29.5. The number of carbonyl (C=O) groups excluding carboxylic acids is 1. The van der Waals surface area contributed by atoms with Crippen LogP contribution in [-0.2, 0) is 17.8 Å². The van der Waals surface area contributed by atoms with Crippen LogP contribution in [0.4, 0.5) is 0 Å². The maximum atomic E-state index is 12.7. The van der Waals surface area contributed by atoms with Crippen LogP contribution < -0.4 is 0 Å². The van der Waals surface area contributed by atoms with E-state index in [9.17, 15) is 4.79 Å². The Bertz CT molecular complexity index is 1230. The Labute approximate surface area is 200 Å². The molecule has 1 saturated heterocycles. The zero-order valence-electron chi connectivity index (χ0n) is 18.3. The van der Waals surface area contributed by atoms with Crippen molar-refractivity contribution in [2.75, 3.05) is 26.2 Å². The van der Waals surface area contributed by atoms with Gasteiger partial charge in [-0.05, 0) is 36.4 Å². The van der Waals surface area contributed by atoms with Crippen LogP contribution in [0.3, 0.4) is 0 Å². The van der Waals surface area contributed by atoms with E-state index in [2.05, 4.69) is 30.2 Å². The molecule has 4 aromatic rings. The number of carbonyl (C=O) groups is 1. The highest BCUT2D eigenvalue weighted by Gasteiger charge is 2.23. The lowest BCUT2D eigenvalue weighted by Crippen LogP contribution is -2.48. The number of rotatable bonds is 7. The van der Waals surface area contributed by atoms with Crippen LogP contribution >= 0.6 is 11.6 Å². The van der Waals surface area contributed by atoms with E-state index in [1.54, 1.807) is 24.5 Å². The molecule has 11 heteroatoms. The molecular formula is C23H22ClN7O3. The van der Waals surface area contributed by atoms with E-state index >= 15 is 0 Å². The summed E-state index contributed by atoms with van der Waals surface area (Å²) in [5.74, 6) is 2.11. The minimum absolute atomic E-state index is 0.0751. The smallest absolute Gasteiger partial charge is 0.241 e. The highest BCUT2D eigenvalue weighted by atomic mass is 35.5. The van der Waals surface area contributed by atoms with Gasteiger partial charge in [0.2, 0.25) is 29.3 Å². The third kappa shape index (κ3) is 5.29. The molecule has 10 nitrogen and oxygen atoms in total. The molecule has 0 radical (unpaired) electrons. The predicted octanol–water partition coefficient (Wildman–Crippen LogP) is 3.11. The second-order valence-electron chi connectivity index (χ2n) is 7.92. The first-order chi connectivity index (χ1) is 16.6. The minimum Gasteiger partial charge on any atom is -0.340 e. The predicted molar refractivity (Wildman–Crippen MR) is 122 cm³/mol. The topological polar surface area (TPSA) is 114 Å². The van der Waals surface area contributed by atoms with Crippen molar-refractivity contribution in [2.45, 2.75) is 19.4 Å². The molecule has 0 spiro atoms. The number of hydrogen-bond donors (Lipinski definition) is 0. The highest BCUT2D eigenvalue weighted by molar-refractivity contribution is 6.30. The van der Waals surface area contributed by atoms with Crippen molar-refractivity contribution in [3.63, 3.8) is 0 Å². The van der Waals surface area contributed by atoms with Crippen molar-refractivity contribution in [3.8, 4) is 22.8 Å². The molecule has 0 N–H and O–H groups in total. The van der Waals surface area contributed by atoms with Gasteiger partial charge in [-0.2, -0.15) is 9.97 Å². The molecule has 0 atom stereocenters. The van der Waals surface area contributed by atoms with Crippen molar-refractivity contribution in [3.05, 3.63) is 65.6 Å². The van der Waals surface area contributed by atoms with Gasteiger partial charge in [-0.15, -0.1) is 0 Å². The first kappa shape index (κ1) is 22.2. The van der Waals surface area contributed by atoms with Crippen molar-refractivity contribution in [1.82, 2.24) is 35.1 Å². The van der Waals surface area contributed by atoms with Gasteiger partial charge < -0.3 is 13.9 Å².